The molecular formula is C72H139NO5. The van der Waals surface area contributed by atoms with Crippen LogP contribution >= 0.6 is 0 Å². The van der Waals surface area contributed by atoms with Crippen LogP contribution in [0, 0.1) is 0 Å². The number of allylic oxidation sites excluding steroid dienone is 3. The minimum absolute atomic E-state index is 0.0216. The van der Waals surface area contributed by atoms with Gasteiger partial charge in [0.1, 0.15) is 0 Å². The maximum Gasteiger partial charge on any atom is 0.305 e. The number of esters is 1. The molecule has 0 rings (SSSR count). The fraction of sp³-hybridized carbons (Fsp3) is 0.917. The van der Waals surface area contributed by atoms with E-state index in [1.54, 1.807) is 6.08 Å². The standard InChI is InChI=1S/C72H139NO5/c1-3-5-7-9-11-13-14-15-16-17-33-37-40-43-46-50-54-58-62-66-72(77)78-67-63-59-55-51-47-44-41-38-35-32-30-28-26-24-22-20-18-19-21-23-25-27-29-31-34-36-39-42-45-49-53-57-61-65-71(76)73-69(68-74)70(75)64-60-56-52-48-12-10-8-6-4-2/h15-16,60,64,69-70,74-75H,3-14,17-59,61-63,65-68H2,1-2H3,(H,73,76)/b16-15-,64-60+. The van der Waals surface area contributed by atoms with Crippen LogP contribution in [-0.4, -0.2) is 47.4 Å². The summed E-state index contributed by atoms with van der Waals surface area (Å²) in [4.78, 5) is 24.5. The van der Waals surface area contributed by atoms with Gasteiger partial charge in [0, 0.05) is 12.8 Å². The van der Waals surface area contributed by atoms with Crippen LogP contribution in [0.25, 0.3) is 0 Å². The number of nitrogens with one attached hydrogen (secondary N) is 1. The fourth-order valence-corrected chi connectivity index (χ4v) is 11.3. The largest absolute Gasteiger partial charge is 0.466 e. The summed E-state index contributed by atoms with van der Waals surface area (Å²) in [7, 11) is 0. The van der Waals surface area contributed by atoms with Gasteiger partial charge in [-0.25, -0.2) is 0 Å². The second-order valence-corrected chi connectivity index (χ2v) is 24.6. The Morgan fingerprint density at radius 2 is 0.603 bits per heavy atom. The van der Waals surface area contributed by atoms with Crippen molar-refractivity contribution >= 4 is 11.9 Å². The molecule has 0 aliphatic heterocycles. The van der Waals surface area contributed by atoms with Gasteiger partial charge in [-0.3, -0.25) is 9.59 Å². The molecule has 0 heterocycles. The molecule has 1 amide bonds. The van der Waals surface area contributed by atoms with E-state index in [2.05, 4.69) is 31.3 Å². The van der Waals surface area contributed by atoms with Gasteiger partial charge < -0.3 is 20.3 Å². The van der Waals surface area contributed by atoms with Crippen molar-refractivity contribution in [2.45, 2.75) is 411 Å². The number of carbonyl (C=O) groups excluding carboxylic acids is 2. The van der Waals surface area contributed by atoms with Gasteiger partial charge in [0.25, 0.3) is 0 Å². The Morgan fingerprint density at radius 1 is 0.346 bits per heavy atom. The Morgan fingerprint density at radius 3 is 0.910 bits per heavy atom. The summed E-state index contributed by atoms with van der Waals surface area (Å²) in [6.07, 6.45) is 85.7. The van der Waals surface area contributed by atoms with E-state index in [-0.39, 0.29) is 18.5 Å². The van der Waals surface area contributed by atoms with E-state index in [9.17, 15) is 19.8 Å². The van der Waals surface area contributed by atoms with E-state index in [1.165, 1.54) is 334 Å². The van der Waals surface area contributed by atoms with Crippen LogP contribution in [0.4, 0.5) is 0 Å². The molecule has 0 aliphatic carbocycles. The van der Waals surface area contributed by atoms with E-state index in [1.807, 2.05) is 6.08 Å². The minimum atomic E-state index is -0.838. The first kappa shape index (κ1) is 76.3. The van der Waals surface area contributed by atoms with E-state index in [0.717, 1.165) is 38.5 Å². The summed E-state index contributed by atoms with van der Waals surface area (Å²) in [6.45, 7) is 4.90. The number of unbranched alkanes of at least 4 members (excludes halogenated alkanes) is 54. The summed E-state index contributed by atoms with van der Waals surface area (Å²) < 4.78 is 5.51. The molecular weight excluding hydrogens is 959 g/mol. The Kier molecular flexibility index (Phi) is 66.4. The lowest BCUT2D eigenvalue weighted by Gasteiger charge is -2.20. The highest BCUT2D eigenvalue weighted by Gasteiger charge is 2.18. The maximum absolute atomic E-state index is 12.4. The Bertz CT molecular complexity index is 1220. The van der Waals surface area contributed by atoms with Gasteiger partial charge in [0.15, 0.2) is 0 Å². The summed E-state index contributed by atoms with van der Waals surface area (Å²) in [5.74, 6) is -0.0427. The van der Waals surface area contributed by atoms with E-state index < -0.39 is 12.1 Å². The number of hydrogen-bond donors (Lipinski definition) is 3. The van der Waals surface area contributed by atoms with Gasteiger partial charge in [0.2, 0.25) is 5.91 Å². The quantitative estimate of drug-likeness (QED) is 0.0320. The maximum atomic E-state index is 12.4. The SMILES string of the molecule is CCCCCCCC/C=C\CCCCCCCCCCCC(=O)OCCCCCCCCCCCCCCCCCCCCCCCCCCCCCCCCCCCC(=O)NC(CO)C(O)/C=C/CCCCCCCCC. The Labute approximate surface area is 488 Å². The number of aliphatic hydroxyl groups is 2. The van der Waals surface area contributed by atoms with Crippen molar-refractivity contribution < 1.29 is 24.5 Å². The molecule has 6 nitrogen and oxygen atoms in total. The van der Waals surface area contributed by atoms with Crippen LogP contribution in [0.3, 0.4) is 0 Å². The molecule has 0 saturated heterocycles. The third-order valence-corrected chi connectivity index (χ3v) is 16.7. The van der Waals surface area contributed by atoms with Gasteiger partial charge in [-0.2, -0.15) is 0 Å². The monoisotopic (exact) mass is 1100 g/mol. The van der Waals surface area contributed by atoms with Crippen molar-refractivity contribution in [1.29, 1.82) is 0 Å². The second kappa shape index (κ2) is 67.8. The third-order valence-electron chi connectivity index (χ3n) is 16.7. The summed E-state index contributed by atoms with van der Waals surface area (Å²) in [5.41, 5.74) is 0. The first-order chi connectivity index (χ1) is 38.5. The number of amides is 1. The van der Waals surface area contributed by atoms with E-state index >= 15 is 0 Å². The average molecular weight is 1100 g/mol. The van der Waals surface area contributed by atoms with Crippen LogP contribution in [-0.2, 0) is 14.3 Å². The van der Waals surface area contributed by atoms with Gasteiger partial charge in [-0.15, -0.1) is 0 Å². The number of hydrogen-bond acceptors (Lipinski definition) is 5. The number of rotatable bonds is 67. The van der Waals surface area contributed by atoms with E-state index in [4.69, 9.17) is 4.74 Å². The van der Waals surface area contributed by atoms with Gasteiger partial charge in [-0.1, -0.05) is 353 Å². The first-order valence-electron chi connectivity index (χ1n) is 35.6. The second-order valence-electron chi connectivity index (χ2n) is 24.6. The lowest BCUT2D eigenvalue weighted by atomic mass is 10.0. The van der Waals surface area contributed by atoms with Gasteiger partial charge in [0.05, 0.1) is 25.4 Å². The summed E-state index contributed by atoms with van der Waals surface area (Å²) in [5, 5.41) is 23.0. The molecule has 3 N–H and O–H groups in total. The molecule has 78 heavy (non-hydrogen) atoms. The fourth-order valence-electron chi connectivity index (χ4n) is 11.3. The number of aliphatic hydroxyl groups excluding tert-OH is 2. The molecule has 0 aliphatic rings. The van der Waals surface area contributed by atoms with Gasteiger partial charge in [-0.05, 0) is 57.8 Å². The smallest absolute Gasteiger partial charge is 0.305 e. The van der Waals surface area contributed by atoms with Crippen LogP contribution in [0.1, 0.15) is 399 Å². The van der Waals surface area contributed by atoms with Crippen molar-refractivity contribution in [2.75, 3.05) is 13.2 Å². The predicted molar refractivity (Wildman–Crippen MR) is 343 cm³/mol. The van der Waals surface area contributed by atoms with Gasteiger partial charge >= 0.3 is 5.97 Å². The molecule has 0 aromatic rings. The molecule has 462 valence electrons. The molecule has 2 atom stereocenters. The van der Waals surface area contributed by atoms with Crippen molar-refractivity contribution in [2.24, 2.45) is 0 Å². The molecule has 0 aromatic heterocycles. The van der Waals surface area contributed by atoms with Crippen molar-refractivity contribution in [3.8, 4) is 0 Å². The molecule has 0 radical (unpaired) electrons. The number of carbonyl (C=O) groups is 2. The molecule has 2 unspecified atom stereocenters. The molecule has 6 heteroatoms. The topological polar surface area (TPSA) is 95.9 Å². The van der Waals surface area contributed by atoms with Crippen molar-refractivity contribution in [3.05, 3.63) is 24.3 Å². The van der Waals surface area contributed by atoms with E-state index in [0.29, 0.717) is 19.4 Å². The van der Waals surface area contributed by atoms with Crippen LogP contribution in [0.15, 0.2) is 24.3 Å². The van der Waals surface area contributed by atoms with Crippen molar-refractivity contribution in [3.63, 3.8) is 0 Å². The van der Waals surface area contributed by atoms with Crippen LogP contribution < -0.4 is 5.32 Å². The Balaban J connectivity index is 3.28. The Hall–Kier alpha value is -1.66. The van der Waals surface area contributed by atoms with Crippen molar-refractivity contribution in [1.82, 2.24) is 5.32 Å². The third kappa shape index (κ3) is 63.5. The minimum Gasteiger partial charge on any atom is -0.466 e. The lowest BCUT2D eigenvalue weighted by Crippen LogP contribution is -2.45. The highest BCUT2D eigenvalue weighted by molar-refractivity contribution is 5.76. The molecule has 0 bridgehead atoms. The lowest BCUT2D eigenvalue weighted by molar-refractivity contribution is -0.143. The zero-order valence-corrected chi connectivity index (χ0v) is 52.9. The first-order valence-corrected chi connectivity index (χ1v) is 35.6. The number of ether oxygens (including phenoxy) is 1. The highest BCUT2D eigenvalue weighted by Crippen LogP contribution is 2.19. The molecule has 0 spiro atoms. The zero-order chi connectivity index (χ0) is 56.4. The molecule has 0 fully saturated rings. The predicted octanol–water partition coefficient (Wildman–Crippen LogP) is 22.9. The zero-order valence-electron chi connectivity index (χ0n) is 52.9. The summed E-state index contributed by atoms with van der Waals surface area (Å²) >= 11 is 0. The highest BCUT2D eigenvalue weighted by atomic mass is 16.5. The average Bonchev–Trinajstić information content (AvgIpc) is 3.44. The molecule has 0 saturated carbocycles. The normalized spacial score (nSPS) is 12.6. The van der Waals surface area contributed by atoms with Crippen LogP contribution in [0.5, 0.6) is 0 Å². The summed E-state index contributed by atoms with van der Waals surface area (Å²) in [6, 6.07) is -0.621. The molecule has 0 aromatic carbocycles. The van der Waals surface area contributed by atoms with Crippen LogP contribution in [0.2, 0.25) is 0 Å².